The Morgan fingerprint density at radius 2 is 1.90 bits per heavy atom. The highest BCUT2D eigenvalue weighted by Crippen LogP contribution is 2.30. The van der Waals surface area contributed by atoms with Gasteiger partial charge in [-0.1, -0.05) is 18.2 Å². The lowest BCUT2D eigenvalue weighted by atomic mass is 10.1. The molecule has 2 aromatic rings. The van der Waals surface area contributed by atoms with Crippen LogP contribution in [-0.2, 0) is 25.3 Å². The number of carbonyl (C=O) groups is 3. The van der Waals surface area contributed by atoms with Gasteiger partial charge >= 0.3 is 12.1 Å². The first kappa shape index (κ1) is 21.4. The summed E-state index contributed by atoms with van der Waals surface area (Å²) in [7, 11) is 0. The summed E-state index contributed by atoms with van der Waals surface area (Å²) in [6.07, 6.45) is -4.58. The number of nitrogens with one attached hydrogen (secondary N) is 1. The number of hydrogen-bond acceptors (Lipinski definition) is 4. The third-order valence-corrected chi connectivity index (χ3v) is 4.59. The van der Waals surface area contributed by atoms with Gasteiger partial charge in [0.1, 0.15) is 0 Å². The smallest absolute Gasteiger partial charge is 0.416 e. The molecule has 0 saturated carbocycles. The van der Waals surface area contributed by atoms with E-state index in [9.17, 15) is 27.6 Å². The second kappa shape index (κ2) is 8.56. The summed E-state index contributed by atoms with van der Waals surface area (Å²) in [6, 6.07) is 11.4. The maximum atomic E-state index is 12.7. The Kier molecular flexibility index (Phi) is 6.09. The fourth-order valence-corrected chi connectivity index (χ4v) is 3.14. The van der Waals surface area contributed by atoms with E-state index in [1.54, 1.807) is 6.07 Å². The lowest BCUT2D eigenvalue weighted by molar-refractivity contribution is -0.151. The molecule has 1 N–H and O–H groups in total. The molecule has 1 aliphatic rings. The molecule has 0 aromatic heterocycles. The molecule has 0 aliphatic carbocycles. The maximum Gasteiger partial charge on any atom is 0.416 e. The first-order valence-corrected chi connectivity index (χ1v) is 9.14. The summed E-state index contributed by atoms with van der Waals surface area (Å²) >= 11 is 0. The van der Waals surface area contributed by atoms with Gasteiger partial charge in [0.15, 0.2) is 6.61 Å². The summed E-state index contributed by atoms with van der Waals surface area (Å²) in [5, 5.41) is 2.26. The zero-order valence-corrected chi connectivity index (χ0v) is 16.0. The first-order chi connectivity index (χ1) is 14.1. The van der Waals surface area contributed by atoms with Gasteiger partial charge in [-0.15, -0.1) is 0 Å². The Balaban J connectivity index is 1.53. The van der Waals surface area contributed by atoms with E-state index in [-0.39, 0.29) is 24.6 Å². The molecule has 2 amide bonds. The van der Waals surface area contributed by atoms with Crippen molar-refractivity contribution < 1.29 is 32.3 Å². The molecule has 1 saturated heterocycles. The van der Waals surface area contributed by atoms with Gasteiger partial charge in [-0.25, -0.2) is 0 Å². The van der Waals surface area contributed by atoms with Crippen molar-refractivity contribution in [2.24, 2.45) is 5.92 Å². The van der Waals surface area contributed by atoms with Crippen LogP contribution >= 0.6 is 0 Å². The first-order valence-electron chi connectivity index (χ1n) is 9.14. The molecule has 1 heterocycles. The molecule has 1 fully saturated rings. The molecule has 1 atom stereocenters. The molecule has 9 heteroatoms. The van der Waals surface area contributed by atoms with Crippen LogP contribution in [0.15, 0.2) is 48.5 Å². The lowest BCUT2D eigenvalue weighted by Gasteiger charge is -2.17. The normalized spacial score (nSPS) is 16.5. The SMILES string of the molecule is Cc1cccc(N2C[C@H](C(=O)OCC(=O)Nc3cccc(C(F)(F)F)c3)CC2=O)c1. The van der Waals surface area contributed by atoms with Gasteiger partial charge in [-0.3, -0.25) is 14.4 Å². The van der Waals surface area contributed by atoms with Crippen LogP contribution < -0.4 is 10.2 Å². The van der Waals surface area contributed by atoms with Gasteiger partial charge in [0.05, 0.1) is 11.5 Å². The van der Waals surface area contributed by atoms with Crippen molar-refractivity contribution in [2.75, 3.05) is 23.4 Å². The topological polar surface area (TPSA) is 75.7 Å². The van der Waals surface area contributed by atoms with Crippen molar-refractivity contribution >= 4 is 29.2 Å². The van der Waals surface area contributed by atoms with Gasteiger partial charge < -0.3 is 15.0 Å². The highest BCUT2D eigenvalue weighted by Gasteiger charge is 2.36. The molecule has 1 aliphatic heterocycles. The number of alkyl halides is 3. The highest BCUT2D eigenvalue weighted by atomic mass is 19.4. The monoisotopic (exact) mass is 420 g/mol. The summed E-state index contributed by atoms with van der Waals surface area (Å²) in [4.78, 5) is 37.9. The van der Waals surface area contributed by atoms with Crippen molar-refractivity contribution in [3.63, 3.8) is 0 Å². The number of hydrogen-bond donors (Lipinski definition) is 1. The fraction of sp³-hybridized carbons (Fsp3) is 0.286. The van der Waals surface area contributed by atoms with Crippen LogP contribution in [-0.4, -0.2) is 30.9 Å². The minimum atomic E-state index is -4.54. The third-order valence-electron chi connectivity index (χ3n) is 4.59. The summed E-state index contributed by atoms with van der Waals surface area (Å²) < 4.78 is 43.1. The number of amides is 2. The maximum absolute atomic E-state index is 12.7. The van der Waals surface area contributed by atoms with Crippen LogP contribution in [0.5, 0.6) is 0 Å². The Labute approximate surface area is 170 Å². The Morgan fingerprint density at radius 3 is 2.60 bits per heavy atom. The van der Waals surface area contributed by atoms with Crippen LogP contribution in [0, 0.1) is 12.8 Å². The lowest BCUT2D eigenvalue weighted by Crippen LogP contribution is -2.28. The van der Waals surface area contributed by atoms with E-state index in [0.717, 1.165) is 23.8 Å². The number of nitrogens with zero attached hydrogens (tertiary/aromatic N) is 1. The number of anilines is 2. The van der Waals surface area contributed by atoms with Crippen LogP contribution in [0.1, 0.15) is 17.5 Å². The molecular weight excluding hydrogens is 401 g/mol. The van der Waals surface area contributed by atoms with Gasteiger partial charge in [-0.05, 0) is 42.8 Å². The predicted molar refractivity (Wildman–Crippen MR) is 103 cm³/mol. The standard InChI is InChI=1S/C21H19F3N2O4/c1-13-4-2-7-17(8-13)26-11-14(9-19(26)28)20(29)30-12-18(27)25-16-6-3-5-15(10-16)21(22,23)24/h2-8,10,14H,9,11-12H2,1H3,(H,25,27)/t14-/m1/s1. The largest absolute Gasteiger partial charge is 0.455 e. The van der Waals surface area contributed by atoms with Crippen molar-refractivity contribution in [3.05, 3.63) is 59.7 Å². The minimum Gasteiger partial charge on any atom is -0.455 e. The van der Waals surface area contributed by atoms with Gasteiger partial charge in [0.2, 0.25) is 5.91 Å². The molecular formula is C21H19F3N2O4. The quantitative estimate of drug-likeness (QED) is 0.751. The molecule has 2 aromatic carbocycles. The molecule has 0 radical (unpaired) electrons. The zero-order chi connectivity index (χ0) is 21.9. The van der Waals surface area contributed by atoms with E-state index >= 15 is 0 Å². The number of halogens is 3. The van der Waals surface area contributed by atoms with Crippen molar-refractivity contribution in [2.45, 2.75) is 19.5 Å². The van der Waals surface area contributed by atoms with Gasteiger partial charge in [0, 0.05) is 24.3 Å². The molecule has 6 nitrogen and oxygen atoms in total. The van der Waals surface area contributed by atoms with E-state index in [1.807, 2.05) is 25.1 Å². The minimum absolute atomic E-state index is 0.0397. The van der Waals surface area contributed by atoms with Crippen molar-refractivity contribution in [1.82, 2.24) is 0 Å². The number of ether oxygens (including phenoxy) is 1. The third kappa shape index (κ3) is 5.16. The Morgan fingerprint density at radius 1 is 1.17 bits per heavy atom. The van der Waals surface area contributed by atoms with Crippen LogP contribution in [0.25, 0.3) is 0 Å². The van der Waals surface area contributed by atoms with E-state index in [2.05, 4.69) is 5.32 Å². The Bertz CT molecular complexity index is 975. The van der Waals surface area contributed by atoms with Gasteiger partial charge in [0.25, 0.3) is 5.91 Å². The number of carbonyl (C=O) groups excluding carboxylic acids is 3. The average Bonchev–Trinajstić information content (AvgIpc) is 3.07. The molecule has 0 bridgehead atoms. The number of aryl methyl sites for hydroxylation is 1. The van der Waals surface area contributed by atoms with E-state index < -0.39 is 36.1 Å². The molecule has 30 heavy (non-hydrogen) atoms. The van der Waals surface area contributed by atoms with E-state index in [0.29, 0.717) is 5.69 Å². The van der Waals surface area contributed by atoms with E-state index in [4.69, 9.17) is 4.74 Å². The highest BCUT2D eigenvalue weighted by molar-refractivity contribution is 6.00. The number of rotatable bonds is 5. The Hall–Kier alpha value is -3.36. The molecule has 0 unspecified atom stereocenters. The average molecular weight is 420 g/mol. The van der Waals surface area contributed by atoms with Crippen LogP contribution in [0.3, 0.4) is 0 Å². The second-order valence-electron chi connectivity index (χ2n) is 6.98. The molecule has 0 spiro atoms. The van der Waals surface area contributed by atoms with Crippen molar-refractivity contribution in [3.8, 4) is 0 Å². The van der Waals surface area contributed by atoms with E-state index in [1.165, 1.54) is 11.0 Å². The molecule has 3 rings (SSSR count). The number of esters is 1. The van der Waals surface area contributed by atoms with Crippen molar-refractivity contribution in [1.29, 1.82) is 0 Å². The van der Waals surface area contributed by atoms with Crippen LogP contribution in [0.4, 0.5) is 24.5 Å². The zero-order valence-electron chi connectivity index (χ0n) is 16.0. The van der Waals surface area contributed by atoms with Crippen LogP contribution in [0.2, 0.25) is 0 Å². The fourth-order valence-electron chi connectivity index (χ4n) is 3.14. The second-order valence-corrected chi connectivity index (χ2v) is 6.98. The summed E-state index contributed by atoms with van der Waals surface area (Å²) in [5.74, 6) is -2.43. The molecule has 158 valence electrons. The summed E-state index contributed by atoms with van der Waals surface area (Å²) in [5.41, 5.74) is 0.681. The predicted octanol–water partition coefficient (Wildman–Crippen LogP) is 3.55. The summed E-state index contributed by atoms with van der Waals surface area (Å²) in [6.45, 7) is 1.36. The van der Waals surface area contributed by atoms with Gasteiger partial charge in [-0.2, -0.15) is 13.2 Å². The number of benzene rings is 2.